The summed E-state index contributed by atoms with van der Waals surface area (Å²) in [7, 11) is 0. The van der Waals surface area contributed by atoms with E-state index in [1.54, 1.807) is 19.1 Å². The fraction of sp³-hybridized carbons (Fsp3) is 0.467. The van der Waals surface area contributed by atoms with E-state index in [1.165, 1.54) is 12.1 Å². The van der Waals surface area contributed by atoms with Crippen molar-refractivity contribution in [2.45, 2.75) is 45.4 Å². The minimum absolute atomic E-state index is 0.0164. The van der Waals surface area contributed by atoms with Gasteiger partial charge in [0.15, 0.2) is 0 Å². The van der Waals surface area contributed by atoms with Crippen molar-refractivity contribution < 1.29 is 14.7 Å². The minimum Gasteiger partial charge on any atom is -0.508 e. The van der Waals surface area contributed by atoms with Gasteiger partial charge in [-0.1, -0.05) is 12.8 Å². The molecule has 0 unspecified atom stereocenters. The lowest BCUT2D eigenvalue weighted by atomic mass is 10.1. The second kappa shape index (κ2) is 8.29. The predicted octanol–water partition coefficient (Wildman–Crippen LogP) is 3.26. The van der Waals surface area contributed by atoms with Crippen LogP contribution in [0, 0.1) is 0 Å². The fourth-order valence-corrected chi connectivity index (χ4v) is 1.78. The summed E-state index contributed by atoms with van der Waals surface area (Å²) < 4.78 is 0. The highest BCUT2D eigenvalue weighted by Gasteiger charge is 2.02. The summed E-state index contributed by atoms with van der Waals surface area (Å²) in [6.07, 6.45) is 4.83. The fourth-order valence-electron chi connectivity index (χ4n) is 1.78. The standard InChI is InChI=1S/C15H21NO3/c1-12(17)6-4-2-3-5-7-15(19)16-13-8-10-14(18)11-9-13/h8-11,18H,2-7H2,1H3,(H,16,19). The average Bonchev–Trinajstić information content (AvgIpc) is 2.36. The number of ketones is 1. The molecule has 1 rings (SSSR count). The Morgan fingerprint density at radius 2 is 1.58 bits per heavy atom. The Labute approximate surface area is 113 Å². The third kappa shape index (κ3) is 7.24. The number of benzene rings is 1. The van der Waals surface area contributed by atoms with Crippen LogP contribution in [0.1, 0.15) is 45.4 Å². The maximum atomic E-state index is 11.6. The molecule has 19 heavy (non-hydrogen) atoms. The molecule has 0 atom stereocenters. The highest BCUT2D eigenvalue weighted by Crippen LogP contribution is 2.14. The molecule has 1 aromatic carbocycles. The molecule has 2 N–H and O–H groups in total. The smallest absolute Gasteiger partial charge is 0.224 e. The van der Waals surface area contributed by atoms with E-state index in [1.807, 2.05) is 0 Å². The van der Waals surface area contributed by atoms with Gasteiger partial charge in [0.25, 0.3) is 0 Å². The van der Waals surface area contributed by atoms with E-state index < -0.39 is 0 Å². The average molecular weight is 263 g/mol. The van der Waals surface area contributed by atoms with Gasteiger partial charge in [-0.05, 0) is 44.0 Å². The first kappa shape index (κ1) is 15.2. The highest BCUT2D eigenvalue weighted by atomic mass is 16.3. The zero-order valence-electron chi connectivity index (χ0n) is 11.3. The summed E-state index contributed by atoms with van der Waals surface area (Å²) >= 11 is 0. The molecule has 0 heterocycles. The molecule has 0 aromatic heterocycles. The lowest BCUT2D eigenvalue weighted by Gasteiger charge is -2.05. The molecule has 4 heteroatoms. The number of rotatable bonds is 8. The second-order valence-corrected chi connectivity index (χ2v) is 4.71. The number of carbonyl (C=O) groups excluding carboxylic acids is 2. The Kier molecular flexibility index (Phi) is 6.64. The van der Waals surface area contributed by atoms with Crippen LogP contribution in [0.5, 0.6) is 5.75 Å². The molecule has 0 aliphatic carbocycles. The number of amides is 1. The summed E-state index contributed by atoms with van der Waals surface area (Å²) in [5, 5.41) is 11.9. The van der Waals surface area contributed by atoms with Crippen molar-refractivity contribution in [1.29, 1.82) is 0 Å². The van der Waals surface area contributed by atoms with E-state index >= 15 is 0 Å². The Balaban J connectivity index is 2.11. The van der Waals surface area contributed by atoms with Gasteiger partial charge in [-0.3, -0.25) is 4.79 Å². The van der Waals surface area contributed by atoms with Crippen LogP contribution in [0.3, 0.4) is 0 Å². The third-order valence-electron chi connectivity index (χ3n) is 2.83. The van der Waals surface area contributed by atoms with Crippen LogP contribution in [0.15, 0.2) is 24.3 Å². The van der Waals surface area contributed by atoms with Crippen molar-refractivity contribution in [3.05, 3.63) is 24.3 Å². The number of hydrogen-bond acceptors (Lipinski definition) is 3. The first-order valence-electron chi connectivity index (χ1n) is 6.66. The lowest BCUT2D eigenvalue weighted by Crippen LogP contribution is -2.10. The van der Waals surface area contributed by atoms with E-state index in [4.69, 9.17) is 5.11 Å². The zero-order valence-corrected chi connectivity index (χ0v) is 11.3. The normalized spacial score (nSPS) is 10.2. The van der Waals surface area contributed by atoms with Gasteiger partial charge in [0.1, 0.15) is 11.5 Å². The van der Waals surface area contributed by atoms with Crippen LogP contribution in [0.4, 0.5) is 5.69 Å². The SMILES string of the molecule is CC(=O)CCCCCCC(=O)Nc1ccc(O)cc1. The van der Waals surface area contributed by atoms with Crippen LogP contribution in [0.25, 0.3) is 0 Å². The zero-order chi connectivity index (χ0) is 14.1. The van der Waals surface area contributed by atoms with Gasteiger partial charge in [-0.25, -0.2) is 0 Å². The monoisotopic (exact) mass is 263 g/mol. The van der Waals surface area contributed by atoms with Crippen molar-refractivity contribution in [3.63, 3.8) is 0 Å². The van der Waals surface area contributed by atoms with E-state index in [0.29, 0.717) is 18.5 Å². The summed E-state index contributed by atoms with van der Waals surface area (Å²) in [5.74, 6) is 0.394. The van der Waals surface area contributed by atoms with E-state index in [0.717, 1.165) is 25.7 Å². The van der Waals surface area contributed by atoms with Crippen molar-refractivity contribution in [3.8, 4) is 5.75 Å². The van der Waals surface area contributed by atoms with Gasteiger partial charge in [0.2, 0.25) is 5.91 Å². The van der Waals surface area contributed by atoms with Gasteiger partial charge in [0, 0.05) is 18.5 Å². The highest BCUT2D eigenvalue weighted by molar-refractivity contribution is 5.90. The van der Waals surface area contributed by atoms with Crippen molar-refractivity contribution in [1.82, 2.24) is 0 Å². The molecule has 104 valence electrons. The number of phenolic OH excluding ortho intramolecular Hbond substituents is 1. The number of phenols is 1. The molecule has 0 bridgehead atoms. The van der Waals surface area contributed by atoms with Gasteiger partial charge in [-0.2, -0.15) is 0 Å². The Morgan fingerprint density at radius 1 is 1.00 bits per heavy atom. The first-order chi connectivity index (χ1) is 9.08. The molecular formula is C15H21NO3. The van der Waals surface area contributed by atoms with Gasteiger partial charge in [-0.15, -0.1) is 0 Å². The van der Waals surface area contributed by atoms with Gasteiger partial charge < -0.3 is 15.2 Å². The molecule has 0 radical (unpaired) electrons. The molecular weight excluding hydrogens is 242 g/mol. The van der Waals surface area contributed by atoms with Gasteiger partial charge in [0.05, 0.1) is 0 Å². The van der Waals surface area contributed by atoms with Crippen LogP contribution in [-0.2, 0) is 9.59 Å². The number of anilines is 1. The van der Waals surface area contributed by atoms with Crippen molar-refractivity contribution in [2.24, 2.45) is 0 Å². The molecule has 0 aliphatic rings. The molecule has 0 aliphatic heterocycles. The topological polar surface area (TPSA) is 66.4 Å². The van der Waals surface area contributed by atoms with Crippen LogP contribution >= 0.6 is 0 Å². The quantitative estimate of drug-likeness (QED) is 0.559. The molecule has 1 amide bonds. The second-order valence-electron chi connectivity index (χ2n) is 4.71. The molecule has 0 saturated heterocycles. The largest absolute Gasteiger partial charge is 0.508 e. The van der Waals surface area contributed by atoms with E-state index in [-0.39, 0.29) is 17.4 Å². The summed E-state index contributed by atoms with van der Waals surface area (Å²) in [5.41, 5.74) is 0.694. The predicted molar refractivity (Wildman–Crippen MR) is 75.1 cm³/mol. The Bertz CT molecular complexity index is 412. The lowest BCUT2D eigenvalue weighted by molar-refractivity contribution is -0.117. The van der Waals surface area contributed by atoms with Crippen molar-refractivity contribution >= 4 is 17.4 Å². The molecule has 1 aromatic rings. The Morgan fingerprint density at radius 3 is 2.16 bits per heavy atom. The summed E-state index contributed by atoms with van der Waals surface area (Å²) in [6.45, 7) is 1.60. The molecule has 0 spiro atoms. The van der Waals surface area contributed by atoms with Gasteiger partial charge >= 0.3 is 0 Å². The number of aromatic hydroxyl groups is 1. The number of Topliss-reactive ketones (excluding diaryl/α,β-unsaturated/α-hetero) is 1. The summed E-state index contributed by atoms with van der Waals surface area (Å²) in [4.78, 5) is 22.3. The first-order valence-corrected chi connectivity index (χ1v) is 6.66. The maximum absolute atomic E-state index is 11.6. The van der Waals surface area contributed by atoms with Crippen LogP contribution in [-0.4, -0.2) is 16.8 Å². The number of nitrogens with one attached hydrogen (secondary N) is 1. The number of hydrogen-bond donors (Lipinski definition) is 2. The number of unbranched alkanes of at least 4 members (excludes halogenated alkanes) is 3. The maximum Gasteiger partial charge on any atom is 0.224 e. The molecule has 4 nitrogen and oxygen atoms in total. The molecule has 0 fully saturated rings. The van der Waals surface area contributed by atoms with Crippen molar-refractivity contribution in [2.75, 3.05) is 5.32 Å². The third-order valence-corrected chi connectivity index (χ3v) is 2.83. The summed E-state index contributed by atoms with van der Waals surface area (Å²) in [6, 6.07) is 6.41. The van der Waals surface area contributed by atoms with Crippen LogP contribution in [0.2, 0.25) is 0 Å². The Hall–Kier alpha value is -1.84. The molecule has 0 saturated carbocycles. The van der Waals surface area contributed by atoms with Crippen LogP contribution < -0.4 is 5.32 Å². The minimum atomic E-state index is -0.0164. The number of carbonyl (C=O) groups is 2. The van der Waals surface area contributed by atoms with E-state index in [9.17, 15) is 9.59 Å². The van der Waals surface area contributed by atoms with E-state index in [2.05, 4.69) is 5.32 Å².